The summed E-state index contributed by atoms with van der Waals surface area (Å²) in [6.07, 6.45) is 7.29. The molecule has 2 nitrogen and oxygen atoms in total. The number of allylic oxidation sites excluding steroid dienone is 5. The summed E-state index contributed by atoms with van der Waals surface area (Å²) in [5, 5.41) is 0. The number of amides is 1. The fourth-order valence-electron chi connectivity index (χ4n) is 1.22. The molecule has 12 heavy (non-hydrogen) atoms. The number of dihydropyridines is 1. The molecule has 0 spiro atoms. The third kappa shape index (κ3) is 1.13. The Morgan fingerprint density at radius 3 is 3.08 bits per heavy atom. The Balaban J connectivity index is 2.40. The molecule has 0 radical (unpaired) electrons. The first-order valence-corrected chi connectivity index (χ1v) is 3.61. The topological polar surface area (TPSA) is 29.4 Å². The van der Waals surface area contributed by atoms with Crippen LogP contribution >= 0.6 is 0 Å². The zero-order valence-corrected chi connectivity index (χ0v) is 6.20. The molecule has 1 unspecified atom stereocenters. The molecule has 1 heterocycles. The molecule has 1 atom stereocenters. The summed E-state index contributed by atoms with van der Waals surface area (Å²) < 4.78 is 12.7. The van der Waals surface area contributed by atoms with E-state index in [1.165, 1.54) is 24.4 Å². The van der Waals surface area contributed by atoms with Gasteiger partial charge in [0.1, 0.15) is 5.83 Å². The van der Waals surface area contributed by atoms with Crippen molar-refractivity contribution in [2.45, 2.75) is 0 Å². The van der Waals surface area contributed by atoms with Crippen LogP contribution in [0.3, 0.4) is 0 Å². The summed E-state index contributed by atoms with van der Waals surface area (Å²) in [6, 6.07) is 0. The predicted molar refractivity (Wildman–Crippen MR) is 43.4 cm³/mol. The highest BCUT2D eigenvalue weighted by molar-refractivity contribution is 5.99. The van der Waals surface area contributed by atoms with Crippen molar-refractivity contribution in [2.75, 3.05) is 0 Å². The van der Waals surface area contributed by atoms with E-state index in [0.717, 1.165) is 0 Å². The molecule has 2 rings (SSSR count). The first-order valence-electron chi connectivity index (χ1n) is 3.61. The van der Waals surface area contributed by atoms with E-state index < -0.39 is 0 Å². The number of hydrogen-bond acceptors (Lipinski definition) is 1. The molecule has 3 heteroatoms. The van der Waals surface area contributed by atoms with E-state index in [-0.39, 0.29) is 17.7 Å². The lowest BCUT2D eigenvalue weighted by molar-refractivity contribution is -0.113. The molecular formula is C9H6FNO. The molecule has 0 aromatic rings. The molecule has 0 N–H and O–H groups in total. The number of nitrogens with zero attached hydrogens (tertiary/aromatic N) is 1. The Labute approximate surface area is 68.8 Å². The van der Waals surface area contributed by atoms with Crippen molar-refractivity contribution >= 4 is 12.1 Å². The second-order valence-electron chi connectivity index (χ2n) is 2.67. The van der Waals surface area contributed by atoms with Gasteiger partial charge in [0.2, 0.25) is 0 Å². The Kier molecular flexibility index (Phi) is 1.50. The van der Waals surface area contributed by atoms with Gasteiger partial charge in [0.05, 0.1) is 0 Å². The maximum atomic E-state index is 12.7. The maximum absolute atomic E-state index is 12.7. The average Bonchev–Trinajstić information content (AvgIpc) is 2.03. The molecule has 0 fully saturated rings. The third-order valence-electron chi connectivity index (χ3n) is 1.80. The van der Waals surface area contributed by atoms with Gasteiger partial charge in [0, 0.05) is 18.2 Å². The van der Waals surface area contributed by atoms with Gasteiger partial charge >= 0.3 is 0 Å². The van der Waals surface area contributed by atoms with Crippen LogP contribution in [-0.2, 0) is 4.79 Å². The van der Waals surface area contributed by atoms with Gasteiger partial charge < -0.3 is 0 Å². The van der Waals surface area contributed by atoms with E-state index in [0.29, 0.717) is 5.57 Å². The van der Waals surface area contributed by atoms with Gasteiger partial charge in [-0.05, 0) is 17.7 Å². The number of aliphatic imine (C=N–C) groups is 1. The van der Waals surface area contributed by atoms with Crippen LogP contribution in [-0.4, -0.2) is 12.1 Å². The van der Waals surface area contributed by atoms with Gasteiger partial charge in [0.15, 0.2) is 0 Å². The molecule has 1 amide bonds. The Morgan fingerprint density at radius 2 is 2.25 bits per heavy atom. The van der Waals surface area contributed by atoms with Crippen LogP contribution in [0.1, 0.15) is 0 Å². The normalized spacial score (nSPS) is 26.4. The van der Waals surface area contributed by atoms with E-state index in [9.17, 15) is 9.18 Å². The number of carbonyl (C=O) groups is 1. The van der Waals surface area contributed by atoms with Gasteiger partial charge in [-0.15, -0.1) is 0 Å². The highest BCUT2D eigenvalue weighted by Crippen LogP contribution is 2.23. The van der Waals surface area contributed by atoms with E-state index in [1.807, 2.05) is 0 Å². The Morgan fingerprint density at radius 1 is 1.42 bits per heavy atom. The fourth-order valence-corrected chi connectivity index (χ4v) is 1.22. The van der Waals surface area contributed by atoms with Crippen molar-refractivity contribution in [3.63, 3.8) is 0 Å². The second-order valence-corrected chi connectivity index (χ2v) is 2.67. The van der Waals surface area contributed by atoms with Crippen molar-refractivity contribution < 1.29 is 9.18 Å². The molecule has 0 saturated carbocycles. The summed E-state index contributed by atoms with van der Waals surface area (Å²) in [5.41, 5.74) is 0.676. The molecule has 0 bridgehead atoms. The van der Waals surface area contributed by atoms with Crippen LogP contribution in [0.25, 0.3) is 0 Å². The molecule has 0 aromatic heterocycles. The number of halogens is 1. The van der Waals surface area contributed by atoms with Crippen molar-refractivity contribution in [3.05, 3.63) is 35.7 Å². The van der Waals surface area contributed by atoms with Crippen molar-refractivity contribution in [3.8, 4) is 0 Å². The van der Waals surface area contributed by atoms with Gasteiger partial charge in [-0.2, -0.15) is 0 Å². The molecule has 60 valence electrons. The van der Waals surface area contributed by atoms with Crippen molar-refractivity contribution in [1.29, 1.82) is 0 Å². The van der Waals surface area contributed by atoms with E-state index in [1.54, 1.807) is 6.08 Å². The Hall–Kier alpha value is -1.51. The van der Waals surface area contributed by atoms with E-state index in [4.69, 9.17) is 0 Å². The minimum Gasteiger partial charge on any atom is -0.267 e. The summed E-state index contributed by atoms with van der Waals surface area (Å²) in [5.74, 6) is -0.664. The molecule has 0 saturated heterocycles. The highest BCUT2D eigenvalue weighted by atomic mass is 19.1. The fraction of sp³-hybridized carbons (Fsp3) is 0.111. The van der Waals surface area contributed by atoms with Crippen molar-refractivity contribution in [2.24, 2.45) is 10.9 Å². The minimum absolute atomic E-state index is 0.0257. The number of hydrogen-bond donors (Lipinski definition) is 0. The monoisotopic (exact) mass is 163 g/mol. The number of carbonyl (C=O) groups excluding carboxylic acids is 1. The quantitative estimate of drug-likeness (QED) is 0.532. The number of fused-ring (bicyclic) bond motifs is 1. The zero-order valence-electron chi connectivity index (χ0n) is 6.20. The smallest absolute Gasteiger partial charge is 0.267 e. The van der Waals surface area contributed by atoms with E-state index in [2.05, 4.69) is 4.99 Å². The summed E-state index contributed by atoms with van der Waals surface area (Å²) >= 11 is 0. The molecule has 1 aliphatic heterocycles. The predicted octanol–water partition coefficient (Wildman–Crippen LogP) is 1.56. The van der Waals surface area contributed by atoms with Crippen molar-refractivity contribution in [1.82, 2.24) is 0 Å². The van der Waals surface area contributed by atoms with Crippen LogP contribution in [0.15, 0.2) is 40.7 Å². The van der Waals surface area contributed by atoms with Crippen LogP contribution in [0.4, 0.5) is 4.39 Å². The molecule has 0 aromatic carbocycles. The summed E-state index contributed by atoms with van der Waals surface area (Å²) in [7, 11) is 0. The van der Waals surface area contributed by atoms with Crippen LogP contribution < -0.4 is 0 Å². The lowest BCUT2D eigenvalue weighted by Gasteiger charge is -2.14. The van der Waals surface area contributed by atoms with Gasteiger partial charge in [0.25, 0.3) is 5.91 Å². The van der Waals surface area contributed by atoms with Gasteiger partial charge in [-0.1, -0.05) is 6.08 Å². The maximum Gasteiger partial charge on any atom is 0.269 e. The Bertz CT molecular complexity index is 350. The van der Waals surface area contributed by atoms with Gasteiger partial charge in [-0.3, -0.25) is 4.79 Å². The van der Waals surface area contributed by atoms with Crippen LogP contribution in [0.2, 0.25) is 0 Å². The molecule has 2 aliphatic rings. The first kappa shape index (κ1) is 7.16. The second kappa shape index (κ2) is 2.52. The standard InChI is InChI=1S/C9H6FNO/c10-8-2-1-6-5-11-9(12)4-7(6)3-8/h1-6H. The van der Waals surface area contributed by atoms with Gasteiger partial charge in [-0.25, -0.2) is 9.38 Å². The van der Waals surface area contributed by atoms with Crippen LogP contribution in [0.5, 0.6) is 0 Å². The zero-order chi connectivity index (χ0) is 8.55. The third-order valence-corrected chi connectivity index (χ3v) is 1.80. The van der Waals surface area contributed by atoms with E-state index >= 15 is 0 Å². The highest BCUT2D eigenvalue weighted by Gasteiger charge is 2.16. The lowest BCUT2D eigenvalue weighted by Crippen LogP contribution is -2.11. The number of rotatable bonds is 0. The average molecular weight is 163 g/mol. The largest absolute Gasteiger partial charge is 0.269 e. The summed E-state index contributed by atoms with van der Waals surface area (Å²) in [6.45, 7) is 0. The molecular weight excluding hydrogens is 157 g/mol. The summed E-state index contributed by atoms with van der Waals surface area (Å²) in [4.78, 5) is 14.4. The first-order chi connectivity index (χ1) is 5.75. The van der Waals surface area contributed by atoms with Crippen LogP contribution in [0, 0.1) is 5.92 Å². The minimum atomic E-state index is -0.319. The molecule has 1 aliphatic carbocycles. The SMILES string of the molecule is O=C1C=C2C=C(F)C=CC2C=N1. The lowest BCUT2D eigenvalue weighted by atomic mass is 9.93.